The van der Waals surface area contributed by atoms with Crippen LogP contribution in [-0.2, 0) is 23.9 Å². The van der Waals surface area contributed by atoms with Gasteiger partial charge in [-0.15, -0.1) is 0 Å². The molecule has 198 valence electrons. The molecule has 10 heteroatoms. The van der Waals surface area contributed by atoms with Gasteiger partial charge in [-0.1, -0.05) is 22.9 Å². The number of carbonyl (C=O) groups excluding carboxylic acids is 3. The van der Waals surface area contributed by atoms with Crippen LogP contribution in [0.4, 0.5) is 11.4 Å². The Morgan fingerprint density at radius 3 is 2.47 bits per heavy atom. The highest BCUT2D eigenvalue weighted by molar-refractivity contribution is 9.09. The van der Waals surface area contributed by atoms with Gasteiger partial charge < -0.3 is 29.7 Å². The van der Waals surface area contributed by atoms with E-state index in [2.05, 4.69) is 40.0 Å². The average Bonchev–Trinajstić information content (AvgIpc) is 3.45. The predicted molar refractivity (Wildman–Crippen MR) is 139 cm³/mol. The van der Waals surface area contributed by atoms with Crippen LogP contribution in [0.5, 0.6) is 0 Å². The van der Waals surface area contributed by atoms with Gasteiger partial charge in [0, 0.05) is 29.3 Å². The maximum Gasteiger partial charge on any atom is 0.312 e. The molecule has 3 saturated heterocycles. The van der Waals surface area contributed by atoms with Crippen LogP contribution in [0.2, 0.25) is 0 Å². The number of anilines is 2. The SMILES string of the molecule is CCOC(=O)[C@H]1[C@H]2C(=O)N([C@@H](CC)CO)C(C(=O)Nc3ccc(N(CC)CC)cc3)C23CC(Br)[C@@H]1O3. The van der Waals surface area contributed by atoms with E-state index in [9.17, 15) is 19.5 Å². The molecular weight excluding hydrogens is 530 g/mol. The zero-order chi connectivity index (χ0) is 26.2. The molecule has 2 N–H and O–H groups in total. The van der Waals surface area contributed by atoms with Crippen LogP contribution in [0.3, 0.4) is 0 Å². The van der Waals surface area contributed by atoms with Crippen molar-refractivity contribution in [3.05, 3.63) is 24.3 Å². The first-order valence-corrected chi connectivity index (χ1v) is 13.8. The monoisotopic (exact) mass is 565 g/mol. The summed E-state index contributed by atoms with van der Waals surface area (Å²) in [6.45, 7) is 9.39. The van der Waals surface area contributed by atoms with Gasteiger partial charge in [-0.3, -0.25) is 14.4 Å². The Bertz CT molecular complexity index is 982. The largest absolute Gasteiger partial charge is 0.466 e. The van der Waals surface area contributed by atoms with Crippen molar-refractivity contribution < 1.29 is 29.0 Å². The molecule has 1 aromatic rings. The van der Waals surface area contributed by atoms with Gasteiger partial charge >= 0.3 is 5.97 Å². The molecule has 1 spiro atoms. The second-order valence-corrected chi connectivity index (χ2v) is 10.8. The third kappa shape index (κ3) is 4.20. The molecule has 2 amide bonds. The molecule has 3 heterocycles. The Balaban J connectivity index is 1.68. The second kappa shape index (κ2) is 10.7. The van der Waals surface area contributed by atoms with E-state index in [1.165, 1.54) is 4.90 Å². The highest BCUT2D eigenvalue weighted by Crippen LogP contribution is 2.60. The van der Waals surface area contributed by atoms with Crippen LogP contribution in [0.15, 0.2) is 24.3 Å². The Morgan fingerprint density at radius 2 is 1.92 bits per heavy atom. The van der Waals surface area contributed by atoms with Gasteiger partial charge in [0.25, 0.3) is 0 Å². The minimum Gasteiger partial charge on any atom is -0.466 e. The third-order valence-corrected chi connectivity index (χ3v) is 8.72. The van der Waals surface area contributed by atoms with Crippen molar-refractivity contribution >= 4 is 45.1 Å². The minimum atomic E-state index is -1.18. The number of aliphatic hydroxyl groups excluding tert-OH is 1. The Morgan fingerprint density at radius 1 is 1.25 bits per heavy atom. The number of fused-ring (bicyclic) bond motifs is 1. The number of alkyl halides is 1. The summed E-state index contributed by atoms with van der Waals surface area (Å²) in [7, 11) is 0. The van der Waals surface area contributed by atoms with Crippen molar-refractivity contribution in [3.8, 4) is 0 Å². The van der Waals surface area contributed by atoms with Gasteiger partial charge in [0.1, 0.15) is 11.6 Å². The van der Waals surface area contributed by atoms with Crippen LogP contribution in [0.1, 0.15) is 40.5 Å². The number of benzene rings is 1. The fourth-order valence-electron chi connectivity index (χ4n) is 6.24. The number of ether oxygens (including phenoxy) is 2. The van der Waals surface area contributed by atoms with Gasteiger partial charge in [-0.2, -0.15) is 0 Å². The van der Waals surface area contributed by atoms with E-state index in [1.54, 1.807) is 6.92 Å². The first-order valence-electron chi connectivity index (χ1n) is 12.8. The van der Waals surface area contributed by atoms with E-state index in [0.717, 1.165) is 18.8 Å². The molecule has 1 aromatic carbocycles. The topological polar surface area (TPSA) is 108 Å². The Hall–Kier alpha value is -2.17. The van der Waals surface area contributed by atoms with Crippen molar-refractivity contribution in [3.63, 3.8) is 0 Å². The number of halogens is 1. The molecule has 0 radical (unpaired) electrons. The third-order valence-electron chi connectivity index (χ3n) is 7.87. The molecule has 3 aliphatic rings. The van der Waals surface area contributed by atoms with E-state index in [0.29, 0.717) is 18.5 Å². The molecule has 3 aliphatic heterocycles. The van der Waals surface area contributed by atoms with Gasteiger partial charge in [0.05, 0.1) is 37.2 Å². The fraction of sp³-hybridized carbons (Fsp3) is 0.654. The lowest BCUT2D eigenvalue weighted by Crippen LogP contribution is -2.56. The highest BCUT2D eigenvalue weighted by atomic mass is 79.9. The lowest BCUT2D eigenvalue weighted by atomic mass is 9.70. The van der Waals surface area contributed by atoms with E-state index in [1.807, 2.05) is 31.2 Å². The molecule has 2 bridgehead atoms. The average molecular weight is 566 g/mol. The standard InChI is InChI=1S/C26H36BrN3O6/c1-5-16(14-31)30-22(23(32)28-15-9-11-17(12-10-15)29(6-2)7-3)26-13-18(27)21(36-26)19(20(26)24(30)33)25(34)35-8-4/h9-12,16,18-22,31H,5-8,13-14H2,1-4H3,(H,28,32)/t16-,18?,19-,20-,21-,22?,26?/m0/s1. The van der Waals surface area contributed by atoms with Crippen molar-refractivity contribution in [2.24, 2.45) is 11.8 Å². The molecular formula is C26H36BrN3O6. The van der Waals surface area contributed by atoms with Crippen LogP contribution >= 0.6 is 15.9 Å². The Kier molecular flexibility index (Phi) is 7.97. The number of rotatable bonds is 10. The second-order valence-electron chi connectivity index (χ2n) is 9.61. The summed E-state index contributed by atoms with van der Waals surface area (Å²) >= 11 is 3.63. The zero-order valence-corrected chi connectivity index (χ0v) is 22.9. The minimum absolute atomic E-state index is 0.189. The summed E-state index contributed by atoms with van der Waals surface area (Å²) in [5.41, 5.74) is 0.476. The maximum atomic E-state index is 13.9. The summed E-state index contributed by atoms with van der Waals surface area (Å²) in [5, 5.41) is 13.1. The van der Waals surface area contributed by atoms with Crippen molar-refractivity contribution in [1.29, 1.82) is 0 Å². The number of nitrogens with one attached hydrogen (secondary N) is 1. The van der Waals surface area contributed by atoms with E-state index in [-0.39, 0.29) is 23.9 Å². The highest BCUT2D eigenvalue weighted by Gasteiger charge is 2.77. The number of likely N-dealkylation sites (tertiary alicyclic amines) is 1. The van der Waals surface area contributed by atoms with Crippen molar-refractivity contribution in [2.75, 3.05) is 36.5 Å². The molecule has 0 aliphatic carbocycles. The smallest absolute Gasteiger partial charge is 0.312 e. The fourth-order valence-corrected chi connectivity index (χ4v) is 7.18. The van der Waals surface area contributed by atoms with E-state index in [4.69, 9.17) is 9.47 Å². The maximum absolute atomic E-state index is 13.9. The quantitative estimate of drug-likeness (QED) is 0.331. The van der Waals surface area contributed by atoms with Crippen LogP contribution in [0.25, 0.3) is 0 Å². The number of aliphatic hydroxyl groups is 1. The summed E-state index contributed by atoms with van der Waals surface area (Å²) in [6.07, 6.45) is 0.304. The number of carbonyl (C=O) groups is 3. The summed E-state index contributed by atoms with van der Waals surface area (Å²) in [5.74, 6) is -2.86. The Labute approximate surface area is 220 Å². The molecule has 4 rings (SSSR count). The molecule has 3 fully saturated rings. The number of hydrogen-bond donors (Lipinski definition) is 2. The summed E-state index contributed by atoms with van der Waals surface area (Å²) in [4.78, 5) is 44.1. The molecule has 0 aromatic heterocycles. The summed E-state index contributed by atoms with van der Waals surface area (Å²) in [6, 6.07) is 6.02. The van der Waals surface area contributed by atoms with Crippen LogP contribution < -0.4 is 10.2 Å². The number of amides is 2. The van der Waals surface area contributed by atoms with Gasteiger partial charge in [0.2, 0.25) is 11.8 Å². The molecule has 7 atom stereocenters. The number of esters is 1. The van der Waals surface area contributed by atoms with E-state index >= 15 is 0 Å². The molecule has 0 saturated carbocycles. The lowest BCUT2D eigenvalue weighted by molar-refractivity contribution is -0.155. The number of hydrogen-bond acceptors (Lipinski definition) is 7. The van der Waals surface area contributed by atoms with Gasteiger partial charge in [-0.05, 0) is 57.9 Å². The molecule has 3 unspecified atom stereocenters. The van der Waals surface area contributed by atoms with Crippen molar-refractivity contribution in [1.82, 2.24) is 4.90 Å². The zero-order valence-electron chi connectivity index (χ0n) is 21.3. The lowest BCUT2D eigenvalue weighted by Gasteiger charge is -2.36. The van der Waals surface area contributed by atoms with E-state index < -0.39 is 47.5 Å². The molecule has 36 heavy (non-hydrogen) atoms. The first kappa shape index (κ1) is 26.9. The van der Waals surface area contributed by atoms with Crippen LogP contribution in [-0.4, -0.2) is 82.7 Å². The first-order chi connectivity index (χ1) is 17.3. The predicted octanol–water partition coefficient (Wildman–Crippen LogP) is 2.55. The number of nitrogens with zero attached hydrogens (tertiary/aromatic N) is 2. The normalized spacial score (nSPS) is 31.3. The van der Waals surface area contributed by atoms with Crippen LogP contribution in [0, 0.1) is 11.8 Å². The summed E-state index contributed by atoms with van der Waals surface area (Å²) < 4.78 is 11.7. The van der Waals surface area contributed by atoms with Gasteiger partial charge in [0.15, 0.2) is 0 Å². The molecule has 9 nitrogen and oxygen atoms in total. The van der Waals surface area contributed by atoms with Crippen molar-refractivity contribution in [2.45, 2.75) is 69.2 Å². The van der Waals surface area contributed by atoms with Gasteiger partial charge in [-0.25, -0.2) is 0 Å².